The van der Waals surface area contributed by atoms with Crippen LogP contribution < -0.4 is 5.32 Å². The van der Waals surface area contributed by atoms with E-state index in [2.05, 4.69) is 17.2 Å². The Kier molecular flexibility index (Phi) is 13.1. The number of carboxylic acids is 1. The molecule has 2 rings (SSSR count). The lowest BCUT2D eigenvalue weighted by Crippen LogP contribution is -2.35. The van der Waals surface area contributed by atoms with E-state index in [9.17, 15) is 14.4 Å². The molecule has 2 aromatic rings. The molecular formula is C28H39N3O4. The van der Waals surface area contributed by atoms with Gasteiger partial charge in [0, 0.05) is 24.8 Å². The fourth-order valence-corrected chi connectivity index (χ4v) is 3.92. The second kappa shape index (κ2) is 16.4. The van der Waals surface area contributed by atoms with E-state index in [4.69, 9.17) is 5.11 Å². The van der Waals surface area contributed by atoms with Crippen LogP contribution in [0.15, 0.2) is 48.7 Å². The summed E-state index contributed by atoms with van der Waals surface area (Å²) in [7, 11) is 0. The standard InChI is InChI=1S/C28H39N3O4/c1-2-3-4-5-6-7-8-9-10-12-20-30-26(32)24-17-15-23(16-18-24)21-31(27(33)28(34)35)22-25-14-11-13-19-29-25/h11,13-19H,2-10,12,20-22H2,1H3,(H,30,32)(H,34,35). The first-order chi connectivity index (χ1) is 17.0. The zero-order chi connectivity index (χ0) is 25.3. The molecule has 0 fully saturated rings. The van der Waals surface area contributed by atoms with Crippen LogP contribution >= 0.6 is 0 Å². The van der Waals surface area contributed by atoms with Gasteiger partial charge in [-0.25, -0.2) is 4.79 Å². The average molecular weight is 482 g/mol. The van der Waals surface area contributed by atoms with Gasteiger partial charge in [-0.1, -0.05) is 82.9 Å². The van der Waals surface area contributed by atoms with Crippen LogP contribution in [0.4, 0.5) is 0 Å². The maximum atomic E-state index is 12.4. The number of hydrogen-bond acceptors (Lipinski definition) is 4. The first-order valence-electron chi connectivity index (χ1n) is 12.8. The van der Waals surface area contributed by atoms with E-state index in [1.807, 2.05) is 0 Å². The fourth-order valence-electron chi connectivity index (χ4n) is 3.92. The molecule has 2 N–H and O–H groups in total. The molecular weight excluding hydrogens is 442 g/mol. The van der Waals surface area contributed by atoms with Crippen molar-refractivity contribution in [3.05, 3.63) is 65.5 Å². The molecule has 35 heavy (non-hydrogen) atoms. The topological polar surface area (TPSA) is 99.6 Å². The smallest absolute Gasteiger partial charge is 0.394 e. The Bertz CT molecular complexity index is 900. The van der Waals surface area contributed by atoms with Crippen LogP contribution in [0.2, 0.25) is 0 Å². The van der Waals surface area contributed by atoms with Crippen LogP contribution in [-0.2, 0) is 22.7 Å². The van der Waals surface area contributed by atoms with Gasteiger partial charge in [0.25, 0.3) is 5.91 Å². The second-order valence-corrected chi connectivity index (χ2v) is 8.92. The number of unbranched alkanes of at least 4 members (excludes halogenated alkanes) is 9. The summed E-state index contributed by atoms with van der Waals surface area (Å²) < 4.78 is 0. The van der Waals surface area contributed by atoms with Gasteiger partial charge in [0.1, 0.15) is 0 Å². The summed E-state index contributed by atoms with van der Waals surface area (Å²) in [6, 6.07) is 12.2. The van der Waals surface area contributed by atoms with E-state index < -0.39 is 11.9 Å². The summed E-state index contributed by atoms with van der Waals surface area (Å²) >= 11 is 0. The van der Waals surface area contributed by atoms with Crippen molar-refractivity contribution < 1.29 is 19.5 Å². The summed E-state index contributed by atoms with van der Waals surface area (Å²) in [4.78, 5) is 41.2. The summed E-state index contributed by atoms with van der Waals surface area (Å²) in [5.41, 5.74) is 1.88. The molecule has 0 saturated carbocycles. The van der Waals surface area contributed by atoms with Crippen LogP contribution in [0.1, 0.15) is 92.7 Å². The highest BCUT2D eigenvalue weighted by Crippen LogP contribution is 2.12. The summed E-state index contributed by atoms with van der Waals surface area (Å²) in [5, 5.41) is 12.1. The number of aromatic nitrogens is 1. The highest BCUT2D eigenvalue weighted by atomic mass is 16.4. The van der Waals surface area contributed by atoms with E-state index >= 15 is 0 Å². The summed E-state index contributed by atoms with van der Waals surface area (Å²) in [5.74, 6) is -2.63. The predicted octanol–water partition coefficient (Wildman–Crippen LogP) is 5.35. The highest BCUT2D eigenvalue weighted by molar-refractivity contribution is 6.31. The second-order valence-electron chi connectivity index (χ2n) is 8.92. The molecule has 7 heteroatoms. The number of nitrogens with one attached hydrogen (secondary N) is 1. The maximum Gasteiger partial charge on any atom is 0.394 e. The molecule has 0 bridgehead atoms. The third-order valence-electron chi connectivity index (χ3n) is 5.95. The molecule has 0 unspecified atom stereocenters. The van der Waals surface area contributed by atoms with Gasteiger partial charge in [-0.2, -0.15) is 0 Å². The van der Waals surface area contributed by atoms with Crippen molar-refractivity contribution in [1.29, 1.82) is 0 Å². The van der Waals surface area contributed by atoms with E-state index in [0.717, 1.165) is 18.4 Å². The van der Waals surface area contributed by atoms with Crippen LogP contribution in [0.3, 0.4) is 0 Å². The van der Waals surface area contributed by atoms with E-state index in [1.54, 1.807) is 48.7 Å². The third-order valence-corrected chi connectivity index (χ3v) is 5.95. The molecule has 0 aliphatic rings. The minimum Gasteiger partial charge on any atom is -0.474 e. The van der Waals surface area contributed by atoms with Gasteiger partial charge in [0.15, 0.2) is 0 Å². The molecule has 190 valence electrons. The van der Waals surface area contributed by atoms with Crippen LogP contribution in [-0.4, -0.2) is 39.3 Å². The molecule has 0 spiro atoms. The number of benzene rings is 1. The Morgan fingerprint density at radius 2 is 1.46 bits per heavy atom. The summed E-state index contributed by atoms with van der Waals surface area (Å²) in [6.07, 6.45) is 14.1. The largest absolute Gasteiger partial charge is 0.474 e. The number of pyridine rings is 1. The van der Waals surface area contributed by atoms with E-state index in [1.165, 1.54) is 56.3 Å². The lowest BCUT2D eigenvalue weighted by molar-refractivity contribution is -0.156. The number of nitrogens with zero attached hydrogens (tertiary/aromatic N) is 2. The molecule has 0 saturated heterocycles. The molecule has 1 heterocycles. The molecule has 0 aliphatic heterocycles. The van der Waals surface area contributed by atoms with Crippen molar-refractivity contribution in [2.24, 2.45) is 0 Å². The molecule has 1 aromatic carbocycles. The predicted molar refractivity (Wildman–Crippen MR) is 137 cm³/mol. The Balaban J connectivity index is 1.72. The van der Waals surface area contributed by atoms with Crippen molar-refractivity contribution in [3.63, 3.8) is 0 Å². The van der Waals surface area contributed by atoms with Gasteiger partial charge >= 0.3 is 11.9 Å². The molecule has 0 aliphatic carbocycles. The number of hydrogen-bond donors (Lipinski definition) is 2. The van der Waals surface area contributed by atoms with Crippen molar-refractivity contribution in [2.75, 3.05) is 6.54 Å². The first-order valence-corrected chi connectivity index (χ1v) is 12.8. The number of carboxylic acid groups (broad SMARTS) is 1. The maximum absolute atomic E-state index is 12.4. The van der Waals surface area contributed by atoms with Gasteiger partial charge in [0.2, 0.25) is 0 Å². The van der Waals surface area contributed by atoms with E-state index in [-0.39, 0.29) is 19.0 Å². The molecule has 2 amide bonds. The average Bonchev–Trinajstić information content (AvgIpc) is 2.87. The zero-order valence-corrected chi connectivity index (χ0v) is 20.9. The Morgan fingerprint density at radius 1 is 0.829 bits per heavy atom. The molecule has 0 radical (unpaired) electrons. The minimum atomic E-state index is -1.51. The van der Waals surface area contributed by atoms with Crippen molar-refractivity contribution >= 4 is 17.8 Å². The zero-order valence-electron chi connectivity index (χ0n) is 20.9. The number of aliphatic carboxylic acids is 1. The lowest BCUT2D eigenvalue weighted by Gasteiger charge is -2.20. The van der Waals surface area contributed by atoms with Gasteiger partial charge in [-0.15, -0.1) is 0 Å². The lowest BCUT2D eigenvalue weighted by atomic mass is 10.1. The van der Waals surface area contributed by atoms with Gasteiger partial charge in [-0.05, 0) is 36.2 Å². The fraction of sp³-hybridized carbons (Fsp3) is 0.500. The number of amides is 2. The quantitative estimate of drug-likeness (QED) is 0.249. The highest BCUT2D eigenvalue weighted by Gasteiger charge is 2.22. The number of carbonyl (C=O) groups is 3. The Morgan fingerprint density at radius 3 is 2.03 bits per heavy atom. The molecule has 7 nitrogen and oxygen atoms in total. The van der Waals surface area contributed by atoms with Crippen LogP contribution in [0.25, 0.3) is 0 Å². The SMILES string of the molecule is CCCCCCCCCCCCNC(=O)c1ccc(CN(Cc2ccccn2)C(=O)C(=O)O)cc1. The van der Waals surface area contributed by atoms with Gasteiger partial charge in [0.05, 0.1) is 12.2 Å². The van der Waals surface area contributed by atoms with Gasteiger partial charge < -0.3 is 15.3 Å². The molecule has 1 aromatic heterocycles. The monoisotopic (exact) mass is 481 g/mol. The molecule has 0 atom stereocenters. The van der Waals surface area contributed by atoms with Crippen molar-refractivity contribution in [2.45, 2.75) is 84.2 Å². The Labute approximate surface area is 209 Å². The number of carbonyl (C=O) groups excluding carboxylic acids is 2. The van der Waals surface area contributed by atoms with Crippen molar-refractivity contribution in [1.82, 2.24) is 15.2 Å². The van der Waals surface area contributed by atoms with Crippen molar-refractivity contribution in [3.8, 4) is 0 Å². The summed E-state index contributed by atoms with van der Waals surface area (Å²) in [6.45, 7) is 3.10. The Hall–Kier alpha value is -3.22. The van der Waals surface area contributed by atoms with Crippen LogP contribution in [0, 0.1) is 0 Å². The normalized spacial score (nSPS) is 10.7. The number of rotatable bonds is 16. The van der Waals surface area contributed by atoms with E-state index in [0.29, 0.717) is 17.8 Å². The minimum absolute atomic E-state index is 0.0903. The third kappa shape index (κ3) is 11.2. The van der Waals surface area contributed by atoms with Gasteiger partial charge in [-0.3, -0.25) is 14.6 Å². The van der Waals surface area contributed by atoms with Crippen LogP contribution in [0.5, 0.6) is 0 Å². The first kappa shape index (κ1) is 28.0.